The first-order chi connectivity index (χ1) is 9.74. The molecule has 1 aliphatic carbocycles. The van der Waals surface area contributed by atoms with Crippen molar-refractivity contribution < 1.29 is 0 Å². The van der Waals surface area contributed by atoms with Crippen LogP contribution in [-0.4, -0.2) is 6.54 Å². The molecule has 0 aromatic heterocycles. The van der Waals surface area contributed by atoms with Crippen LogP contribution in [0.15, 0.2) is 24.3 Å². The topological polar surface area (TPSA) is 12.0 Å². The van der Waals surface area contributed by atoms with E-state index in [9.17, 15) is 0 Å². The van der Waals surface area contributed by atoms with E-state index in [0.717, 1.165) is 18.4 Å². The van der Waals surface area contributed by atoms with Crippen LogP contribution in [0.5, 0.6) is 0 Å². The summed E-state index contributed by atoms with van der Waals surface area (Å²) in [6.45, 7) is 7.92. The smallest absolute Gasteiger partial charge is 0.0348 e. The number of rotatable bonds is 6. The van der Waals surface area contributed by atoms with Crippen molar-refractivity contribution in [1.29, 1.82) is 0 Å². The van der Waals surface area contributed by atoms with Gasteiger partial charge in [0.15, 0.2) is 0 Å². The molecule has 0 saturated heterocycles. The summed E-state index contributed by atoms with van der Waals surface area (Å²) in [6, 6.07) is 9.74. The van der Waals surface area contributed by atoms with Crippen LogP contribution in [0.2, 0.25) is 0 Å². The Morgan fingerprint density at radius 1 is 1.15 bits per heavy atom. The van der Waals surface area contributed by atoms with Crippen LogP contribution in [0.4, 0.5) is 0 Å². The highest BCUT2D eigenvalue weighted by Gasteiger charge is 2.28. The van der Waals surface area contributed by atoms with Gasteiger partial charge in [0.1, 0.15) is 0 Å². The molecule has 112 valence electrons. The Bertz CT molecular complexity index is 381. The largest absolute Gasteiger partial charge is 0.310 e. The fraction of sp³-hybridized carbons (Fsp3) is 0.684. The second kappa shape index (κ2) is 7.83. The van der Waals surface area contributed by atoms with Gasteiger partial charge in [-0.2, -0.15) is 0 Å². The Balaban J connectivity index is 2.11. The highest BCUT2D eigenvalue weighted by atomic mass is 14.9. The molecular formula is C19H31N. The zero-order valence-electron chi connectivity index (χ0n) is 13.5. The van der Waals surface area contributed by atoms with E-state index in [-0.39, 0.29) is 0 Å². The fourth-order valence-electron chi connectivity index (χ4n) is 3.64. The molecule has 3 atom stereocenters. The number of nitrogens with one attached hydrogen (secondary N) is 1. The first-order valence-corrected chi connectivity index (χ1v) is 8.54. The molecule has 0 radical (unpaired) electrons. The van der Waals surface area contributed by atoms with Crippen LogP contribution in [0, 0.1) is 18.8 Å². The van der Waals surface area contributed by atoms with Crippen molar-refractivity contribution in [3.63, 3.8) is 0 Å². The molecule has 2 rings (SSSR count). The molecule has 0 amide bonds. The maximum atomic E-state index is 3.82. The molecule has 0 aliphatic heterocycles. The number of benzene rings is 1. The van der Waals surface area contributed by atoms with E-state index in [4.69, 9.17) is 0 Å². The summed E-state index contributed by atoms with van der Waals surface area (Å²) in [7, 11) is 0. The standard InChI is InChI=1S/C19H31N/c1-4-13-20-19(17-11-9-15(3)10-12-17)18-8-6-7-16(5-2)14-18/h9-12,16,18-20H,4-8,13-14H2,1-3H3. The van der Waals surface area contributed by atoms with Gasteiger partial charge in [0.25, 0.3) is 0 Å². The lowest BCUT2D eigenvalue weighted by molar-refractivity contribution is 0.209. The molecule has 1 aromatic rings. The lowest BCUT2D eigenvalue weighted by atomic mass is 9.75. The van der Waals surface area contributed by atoms with Crippen molar-refractivity contribution >= 4 is 0 Å². The van der Waals surface area contributed by atoms with Gasteiger partial charge in [0.05, 0.1) is 0 Å². The normalized spacial score (nSPS) is 24.6. The molecule has 1 N–H and O–H groups in total. The van der Waals surface area contributed by atoms with E-state index in [1.54, 1.807) is 0 Å². The Kier molecular flexibility index (Phi) is 6.09. The number of aryl methyl sites for hydroxylation is 1. The molecule has 1 saturated carbocycles. The van der Waals surface area contributed by atoms with Gasteiger partial charge < -0.3 is 5.32 Å². The Hall–Kier alpha value is -0.820. The second-order valence-corrected chi connectivity index (χ2v) is 6.54. The van der Waals surface area contributed by atoms with E-state index in [1.165, 1.54) is 49.7 Å². The summed E-state index contributed by atoms with van der Waals surface area (Å²) >= 11 is 0. The van der Waals surface area contributed by atoms with Crippen molar-refractivity contribution in [3.8, 4) is 0 Å². The quantitative estimate of drug-likeness (QED) is 0.746. The summed E-state index contributed by atoms with van der Waals surface area (Å²) in [6.07, 6.45) is 8.23. The first kappa shape index (κ1) is 15.6. The van der Waals surface area contributed by atoms with Crippen molar-refractivity contribution in [3.05, 3.63) is 35.4 Å². The van der Waals surface area contributed by atoms with Crippen LogP contribution in [-0.2, 0) is 0 Å². The lowest BCUT2D eigenvalue weighted by Gasteiger charge is -2.35. The van der Waals surface area contributed by atoms with Crippen molar-refractivity contribution in [2.24, 2.45) is 11.8 Å². The van der Waals surface area contributed by atoms with Crippen molar-refractivity contribution in [1.82, 2.24) is 5.32 Å². The van der Waals surface area contributed by atoms with Gasteiger partial charge in [0, 0.05) is 6.04 Å². The van der Waals surface area contributed by atoms with Crippen LogP contribution in [0.1, 0.15) is 69.5 Å². The molecule has 1 nitrogen and oxygen atoms in total. The summed E-state index contributed by atoms with van der Waals surface area (Å²) in [4.78, 5) is 0. The van der Waals surface area contributed by atoms with E-state index in [0.29, 0.717) is 6.04 Å². The van der Waals surface area contributed by atoms with Gasteiger partial charge in [-0.1, -0.05) is 62.9 Å². The Morgan fingerprint density at radius 2 is 1.90 bits per heavy atom. The van der Waals surface area contributed by atoms with Gasteiger partial charge in [-0.25, -0.2) is 0 Å². The molecule has 0 bridgehead atoms. The monoisotopic (exact) mass is 273 g/mol. The van der Waals surface area contributed by atoms with Gasteiger partial charge in [-0.05, 0) is 50.1 Å². The SMILES string of the molecule is CCCNC(c1ccc(C)cc1)C1CCCC(CC)C1. The molecule has 1 fully saturated rings. The summed E-state index contributed by atoms with van der Waals surface area (Å²) < 4.78 is 0. The molecule has 0 heterocycles. The highest BCUT2D eigenvalue weighted by Crippen LogP contribution is 2.38. The minimum atomic E-state index is 0.560. The van der Waals surface area contributed by atoms with Gasteiger partial charge in [-0.15, -0.1) is 0 Å². The average Bonchev–Trinajstić information content (AvgIpc) is 2.49. The molecule has 1 heteroatoms. The number of hydrogen-bond acceptors (Lipinski definition) is 1. The van der Waals surface area contributed by atoms with Crippen LogP contribution < -0.4 is 5.32 Å². The minimum Gasteiger partial charge on any atom is -0.310 e. The Labute approximate surface area is 125 Å². The molecule has 1 aromatic carbocycles. The average molecular weight is 273 g/mol. The fourth-order valence-corrected chi connectivity index (χ4v) is 3.64. The van der Waals surface area contributed by atoms with E-state index in [1.807, 2.05) is 0 Å². The maximum absolute atomic E-state index is 3.82. The predicted molar refractivity (Wildman–Crippen MR) is 88.0 cm³/mol. The van der Waals surface area contributed by atoms with E-state index in [2.05, 4.69) is 50.4 Å². The summed E-state index contributed by atoms with van der Waals surface area (Å²) in [5.41, 5.74) is 2.85. The van der Waals surface area contributed by atoms with Gasteiger partial charge in [0.2, 0.25) is 0 Å². The third-order valence-corrected chi connectivity index (χ3v) is 4.92. The zero-order chi connectivity index (χ0) is 14.4. The minimum absolute atomic E-state index is 0.560. The summed E-state index contributed by atoms with van der Waals surface area (Å²) in [5.74, 6) is 1.77. The highest BCUT2D eigenvalue weighted by molar-refractivity contribution is 5.24. The number of hydrogen-bond donors (Lipinski definition) is 1. The predicted octanol–water partition coefficient (Wildman–Crippen LogP) is 5.25. The van der Waals surface area contributed by atoms with Gasteiger partial charge in [-0.3, -0.25) is 0 Å². The second-order valence-electron chi connectivity index (χ2n) is 6.54. The van der Waals surface area contributed by atoms with E-state index >= 15 is 0 Å². The molecule has 20 heavy (non-hydrogen) atoms. The molecular weight excluding hydrogens is 242 g/mol. The summed E-state index contributed by atoms with van der Waals surface area (Å²) in [5, 5.41) is 3.82. The van der Waals surface area contributed by atoms with Gasteiger partial charge >= 0.3 is 0 Å². The van der Waals surface area contributed by atoms with Crippen molar-refractivity contribution in [2.75, 3.05) is 6.54 Å². The lowest BCUT2D eigenvalue weighted by Crippen LogP contribution is -2.32. The third-order valence-electron chi connectivity index (χ3n) is 4.92. The molecule has 1 aliphatic rings. The maximum Gasteiger partial charge on any atom is 0.0348 e. The molecule has 3 unspecified atom stereocenters. The van der Waals surface area contributed by atoms with E-state index < -0.39 is 0 Å². The third kappa shape index (κ3) is 4.09. The Morgan fingerprint density at radius 3 is 2.55 bits per heavy atom. The zero-order valence-corrected chi connectivity index (χ0v) is 13.5. The van der Waals surface area contributed by atoms with Crippen LogP contribution >= 0.6 is 0 Å². The first-order valence-electron chi connectivity index (χ1n) is 8.54. The van der Waals surface area contributed by atoms with Crippen LogP contribution in [0.25, 0.3) is 0 Å². The molecule has 0 spiro atoms. The van der Waals surface area contributed by atoms with Crippen molar-refractivity contribution in [2.45, 2.75) is 65.3 Å². The van der Waals surface area contributed by atoms with Crippen LogP contribution in [0.3, 0.4) is 0 Å².